The zero-order valence-electron chi connectivity index (χ0n) is 14.4. The van der Waals surface area contributed by atoms with E-state index in [1.165, 1.54) is 5.57 Å². The summed E-state index contributed by atoms with van der Waals surface area (Å²) in [5.41, 5.74) is 4.31. The van der Waals surface area contributed by atoms with Gasteiger partial charge in [-0.05, 0) is 77.9 Å². The van der Waals surface area contributed by atoms with Gasteiger partial charge in [0, 0.05) is 5.70 Å². The zero-order valence-corrected chi connectivity index (χ0v) is 16.8. The number of fused-ring (bicyclic) bond motifs is 1. The van der Waals surface area contributed by atoms with E-state index in [0.717, 1.165) is 46.3 Å². The van der Waals surface area contributed by atoms with Crippen molar-refractivity contribution in [1.29, 1.82) is 0 Å². The van der Waals surface area contributed by atoms with E-state index in [9.17, 15) is 8.42 Å². The van der Waals surface area contributed by atoms with Gasteiger partial charge in [-0.1, -0.05) is 24.3 Å². The number of hydrogen-bond acceptors (Lipinski definition) is 3. The van der Waals surface area contributed by atoms with E-state index in [2.05, 4.69) is 32.8 Å². The maximum Gasteiger partial charge on any atom is 0.234 e. The third kappa shape index (κ3) is 4.18. The lowest BCUT2D eigenvalue weighted by molar-refractivity contribution is 0.352. The van der Waals surface area contributed by atoms with Crippen LogP contribution in [0, 0.1) is 0 Å². The van der Waals surface area contributed by atoms with E-state index in [4.69, 9.17) is 4.74 Å². The number of hydrogen-bond donors (Lipinski definition) is 1. The topological polar surface area (TPSA) is 55.4 Å². The Morgan fingerprint density at radius 3 is 2.72 bits per heavy atom. The van der Waals surface area contributed by atoms with Crippen LogP contribution in [0.3, 0.4) is 0 Å². The molecule has 1 N–H and O–H groups in total. The largest absolute Gasteiger partial charge is 0.488 e. The minimum absolute atomic E-state index is 0.430. The van der Waals surface area contributed by atoms with Crippen LogP contribution in [0.1, 0.15) is 33.1 Å². The smallest absolute Gasteiger partial charge is 0.234 e. The van der Waals surface area contributed by atoms with Gasteiger partial charge in [0.1, 0.15) is 12.4 Å². The molecular formula is C19H22BrNO3S. The average Bonchev–Trinajstić information content (AvgIpc) is 2.95. The van der Waals surface area contributed by atoms with E-state index in [-0.39, 0.29) is 0 Å². The molecule has 6 heteroatoms. The molecule has 134 valence electrons. The van der Waals surface area contributed by atoms with E-state index >= 15 is 0 Å². The molecule has 0 radical (unpaired) electrons. The lowest BCUT2D eigenvalue weighted by Gasteiger charge is -2.17. The summed E-state index contributed by atoms with van der Waals surface area (Å²) >= 11 is 3.48. The summed E-state index contributed by atoms with van der Waals surface area (Å²) in [4.78, 5) is 0. The Balaban J connectivity index is 1.69. The Bertz CT molecular complexity index is 866. The van der Waals surface area contributed by atoms with Gasteiger partial charge in [0.05, 0.1) is 9.72 Å². The van der Waals surface area contributed by atoms with Gasteiger partial charge in [-0.25, -0.2) is 8.42 Å². The second kappa shape index (κ2) is 7.38. The van der Waals surface area contributed by atoms with Crippen molar-refractivity contribution in [2.24, 2.45) is 0 Å². The molecule has 0 aliphatic heterocycles. The van der Waals surface area contributed by atoms with Gasteiger partial charge in [0.25, 0.3) is 0 Å². The first kappa shape index (κ1) is 18.3. The molecule has 3 rings (SSSR count). The van der Waals surface area contributed by atoms with Crippen LogP contribution in [0.25, 0.3) is 0 Å². The number of allylic oxidation sites excluding steroid dienone is 4. The van der Waals surface area contributed by atoms with Crippen LogP contribution < -0.4 is 9.46 Å². The van der Waals surface area contributed by atoms with Crippen LogP contribution in [-0.2, 0) is 10.0 Å². The fraction of sp³-hybridized carbons (Fsp3) is 0.368. The monoisotopic (exact) mass is 423 g/mol. The maximum absolute atomic E-state index is 12.1. The predicted octanol–water partition coefficient (Wildman–Crippen LogP) is 4.46. The maximum atomic E-state index is 12.1. The average molecular weight is 424 g/mol. The van der Waals surface area contributed by atoms with Gasteiger partial charge >= 0.3 is 0 Å². The van der Waals surface area contributed by atoms with Crippen molar-refractivity contribution in [3.8, 4) is 5.75 Å². The zero-order chi connectivity index (χ0) is 18.0. The normalized spacial score (nSPS) is 17.3. The van der Waals surface area contributed by atoms with Crippen molar-refractivity contribution in [3.63, 3.8) is 0 Å². The van der Waals surface area contributed by atoms with Crippen LogP contribution in [0.4, 0.5) is 0 Å². The fourth-order valence-corrected chi connectivity index (χ4v) is 4.11. The van der Waals surface area contributed by atoms with Crippen molar-refractivity contribution >= 4 is 26.0 Å². The Morgan fingerprint density at radius 2 is 2.00 bits per heavy atom. The first-order valence-electron chi connectivity index (χ1n) is 8.38. The molecule has 0 saturated heterocycles. The van der Waals surface area contributed by atoms with Crippen LogP contribution in [0.5, 0.6) is 5.75 Å². The van der Waals surface area contributed by atoms with Crippen LogP contribution in [0.2, 0.25) is 0 Å². The minimum atomic E-state index is -3.28. The highest BCUT2D eigenvalue weighted by molar-refractivity contribution is 9.10. The van der Waals surface area contributed by atoms with Crippen LogP contribution in [0.15, 0.2) is 63.3 Å². The molecular weight excluding hydrogens is 402 g/mol. The molecule has 2 aliphatic carbocycles. The standard InChI is InChI=1S/C19H22BrNO3S/c1-13(2)25(22,23)21-18-10-8-15-11-14(7-9-16(15)18)12-24-19-6-4-3-5-17(19)20/h3-7,11,13,21H,8-10,12H2,1-2H3. The number of nitrogens with one attached hydrogen (secondary N) is 1. The summed E-state index contributed by atoms with van der Waals surface area (Å²) in [5, 5.41) is -0.430. The Kier molecular flexibility index (Phi) is 5.39. The number of sulfonamides is 1. The number of para-hydroxylation sites is 1. The Hall–Kier alpha value is -1.53. The molecule has 0 saturated carbocycles. The summed E-state index contributed by atoms with van der Waals surface area (Å²) in [6, 6.07) is 7.78. The number of ether oxygens (including phenoxy) is 1. The molecule has 0 aromatic heterocycles. The van der Waals surface area contributed by atoms with Gasteiger partial charge in [-0.2, -0.15) is 0 Å². The van der Waals surface area contributed by atoms with Crippen molar-refractivity contribution in [3.05, 3.63) is 63.3 Å². The second-order valence-electron chi connectivity index (χ2n) is 6.52. The van der Waals surface area contributed by atoms with Gasteiger partial charge in [0.2, 0.25) is 10.0 Å². The molecule has 1 aromatic carbocycles. The molecule has 1 aromatic rings. The second-order valence-corrected chi connectivity index (χ2v) is 9.62. The molecule has 0 fully saturated rings. The fourth-order valence-electron chi connectivity index (χ4n) is 2.91. The summed E-state index contributed by atoms with van der Waals surface area (Å²) in [7, 11) is -3.28. The summed E-state index contributed by atoms with van der Waals surface area (Å²) in [6.07, 6.45) is 6.62. The molecule has 0 unspecified atom stereocenters. The summed E-state index contributed by atoms with van der Waals surface area (Å²) < 4.78 is 33.8. The van der Waals surface area contributed by atoms with Crippen molar-refractivity contribution in [2.45, 2.75) is 38.4 Å². The first-order valence-corrected chi connectivity index (χ1v) is 10.7. The minimum Gasteiger partial charge on any atom is -0.488 e. The van der Waals surface area contributed by atoms with Gasteiger partial charge in [-0.15, -0.1) is 0 Å². The Morgan fingerprint density at radius 1 is 1.24 bits per heavy atom. The highest BCUT2D eigenvalue weighted by Crippen LogP contribution is 2.37. The molecule has 0 spiro atoms. The van der Waals surface area contributed by atoms with Crippen LogP contribution in [-0.4, -0.2) is 20.3 Å². The van der Waals surface area contributed by atoms with Crippen LogP contribution >= 0.6 is 15.9 Å². The van der Waals surface area contributed by atoms with Crippen molar-refractivity contribution < 1.29 is 13.2 Å². The SMILES string of the molecule is CC(C)S(=O)(=O)NC1=C2CC=C(COc3ccccc3Br)C=C2CC1. The van der Waals surface area contributed by atoms with Crippen molar-refractivity contribution in [1.82, 2.24) is 4.72 Å². The molecule has 0 amide bonds. The third-order valence-corrected chi connectivity index (χ3v) is 6.87. The molecule has 2 aliphatic rings. The lowest BCUT2D eigenvalue weighted by atomic mass is 9.96. The molecule has 0 atom stereocenters. The van der Waals surface area contributed by atoms with Gasteiger partial charge in [0.15, 0.2) is 0 Å². The van der Waals surface area contributed by atoms with Gasteiger partial charge in [-0.3, -0.25) is 4.72 Å². The Labute approximate surface area is 157 Å². The summed E-state index contributed by atoms with van der Waals surface area (Å²) in [6.45, 7) is 3.89. The molecule has 25 heavy (non-hydrogen) atoms. The van der Waals surface area contributed by atoms with Crippen molar-refractivity contribution in [2.75, 3.05) is 6.61 Å². The predicted molar refractivity (Wildman–Crippen MR) is 104 cm³/mol. The quantitative estimate of drug-likeness (QED) is 0.734. The van der Waals surface area contributed by atoms with E-state index in [1.54, 1.807) is 13.8 Å². The highest BCUT2D eigenvalue weighted by atomic mass is 79.9. The lowest BCUT2D eigenvalue weighted by Crippen LogP contribution is -2.30. The number of rotatable bonds is 6. The van der Waals surface area contributed by atoms with E-state index in [0.29, 0.717) is 6.61 Å². The first-order chi connectivity index (χ1) is 11.9. The summed E-state index contributed by atoms with van der Waals surface area (Å²) in [5.74, 6) is 0.819. The molecule has 4 nitrogen and oxygen atoms in total. The highest BCUT2D eigenvalue weighted by Gasteiger charge is 2.26. The third-order valence-electron chi connectivity index (χ3n) is 4.44. The van der Waals surface area contributed by atoms with Gasteiger partial charge < -0.3 is 4.74 Å². The van der Waals surface area contributed by atoms with E-state index < -0.39 is 15.3 Å². The number of benzene rings is 1. The number of halogens is 1. The van der Waals surface area contributed by atoms with E-state index in [1.807, 2.05) is 24.3 Å². The molecule has 0 bridgehead atoms. The molecule has 0 heterocycles.